The molecule has 1 fully saturated rings. The van der Waals surface area contributed by atoms with Gasteiger partial charge in [-0.15, -0.1) is 0 Å². The van der Waals surface area contributed by atoms with Crippen LogP contribution < -0.4 is 10.6 Å². The second kappa shape index (κ2) is 7.10. The minimum Gasteiger partial charge on any atom is -0.347 e. The van der Waals surface area contributed by atoms with Crippen LogP contribution in [0.4, 0.5) is 0 Å². The molecule has 1 aromatic rings. The van der Waals surface area contributed by atoms with Crippen molar-refractivity contribution in [1.29, 1.82) is 0 Å². The number of carbonyl (C=O) groups excluding carboxylic acids is 2. The molecule has 23 heavy (non-hydrogen) atoms. The topological polar surface area (TPSA) is 99.8 Å². The summed E-state index contributed by atoms with van der Waals surface area (Å²) >= 11 is 0. The first-order valence-corrected chi connectivity index (χ1v) is 8.22. The molecular formula is C16H27N5O2. The van der Waals surface area contributed by atoms with E-state index in [0.29, 0.717) is 18.2 Å². The molecule has 128 valence electrons. The maximum absolute atomic E-state index is 12.3. The third-order valence-electron chi connectivity index (χ3n) is 4.12. The summed E-state index contributed by atoms with van der Waals surface area (Å²) in [6, 6.07) is -0.470. The number of aromatic nitrogens is 3. The SMILES string of the molecule is CC(=O)N[C@H](CC1CCC1)C(=O)NCc1nc(C(C)(C)C)n[nH]1. The Kier molecular flexibility index (Phi) is 5.38. The zero-order valence-corrected chi connectivity index (χ0v) is 14.4. The number of amides is 2. The average molecular weight is 321 g/mol. The zero-order chi connectivity index (χ0) is 17.0. The molecule has 7 nitrogen and oxygen atoms in total. The first kappa shape index (κ1) is 17.4. The number of hydrogen-bond acceptors (Lipinski definition) is 4. The Hall–Kier alpha value is -1.92. The largest absolute Gasteiger partial charge is 0.347 e. The van der Waals surface area contributed by atoms with Crippen LogP contribution in [-0.4, -0.2) is 33.0 Å². The van der Waals surface area contributed by atoms with Crippen LogP contribution in [0.3, 0.4) is 0 Å². The summed E-state index contributed by atoms with van der Waals surface area (Å²) in [5.74, 6) is 1.53. The summed E-state index contributed by atoms with van der Waals surface area (Å²) in [6.07, 6.45) is 4.20. The Bertz CT molecular complexity index is 557. The van der Waals surface area contributed by atoms with E-state index in [9.17, 15) is 9.59 Å². The Morgan fingerprint density at radius 1 is 1.35 bits per heavy atom. The normalized spacial score (nSPS) is 16.5. The van der Waals surface area contributed by atoms with Crippen molar-refractivity contribution in [2.75, 3.05) is 0 Å². The summed E-state index contributed by atoms with van der Waals surface area (Å²) in [6.45, 7) is 7.81. The average Bonchev–Trinajstić information content (AvgIpc) is 2.87. The molecule has 0 aliphatic heterocycles. The first-order valence-electron chi connectivity index (χ1n) is 8.22. The van der Waals surface area contributed by atoms with E-state index in [1.165, 1.54) is 13.3 Å². The van der Waals surface area contributed by atoms with Gasteiger partial charge in [0.25, 0.3) is 0 Å². The van der Waals surface area contributed by atoms with Gasteiger partial charge in [-0.3, -0.25) is 14.7 Å². The number of carbonyl (C=O) groups is 2. The minimum atomic E-state index is -0.470. The smallest absolute Gasteiger partial charge is 0.242 e. The Balaban J connectivity index is 1.89. The molecule has 1 saturated carbocycles. The van der Waals surface area contributed by atoms with Gasteiger partial charge in [0.05, 0.1) is 6.54 Å². The first-order chi connectivity index (χ1) is 10.8. The molecule has 0 radical (unpaired) electrons. The second-order valence-electron chi connectivity index (χ2n) is 7.36. The van der Waals surface area contributed by atoms with Gasteiger partial charge in [0.1, 0.15) is 11.9 Å². The van der Waals surface area contributed by atoms with Crippen LogP contribution in [0, 0.1) is 5.92 Å². The molecule has 0 aromatic carbocycles. The van der Waals surface area contributed by atoms with E-state index >= 15 is 0 Å². The molecule has 1 aromatic heterocycles. The van der Waals surface area contributed by atoms with Gasteiger partial charge in [-0.05, 0) is 12.3 Å². The molecule has 1 aliphatic carbocycles. The Morgan fingerprint density at radius 2 is 2.04 bits per heavy atom. The number of nitrogens with zero attached hydrogens (tertiary/aromatic N) is 2. The quantitative estimate of drug-likeness (QED) is 0.737. The lowest BCUT2D eigenvalue weighted by atomic mass is 9.80. The number of H-pyrrole nitrogens is 1. The molecule has 3 N–H and O–H groups in total. The van der Waals surface area contributed by atoms with Gasteiger partial charge in [-0.25, -0.2) is 4.98 Å². The van der Waals surface area contributed by atoms with Gasteiger partial charge in [-0.2, -0.15) is 5.10 Å². The van der Waals surface area contributed by atoms with E-state index in [0.717, 1.165) is 18.7 Å². The van der Waals surface area contributed by atoms with E-state index in [4.69, 9.17) is 0 Å². The summed E-state index contributed by atoms with van der Waals surface area (Å²) in [5, 5.41) is 12.6. The molecule has 0 unspecified atom stereocenters. The van der Waals surface area contributed by atoms with Crippen molar-refractivity contribution >= 4 is 11.8 Å². The molecule has 7 heteroatoms. The summed E-state index contributed by atoms with van der Waals surface area (Å²) in [5.41, 5.74) is -0.137. The molecule has 0 bridgehead atoms. The maximum atomic E-state index is 12.3. The maximum Gasteiger partial charge on any atom is 0.242 e. The van der Waals surface area contributed by atoms with Crippen LogP contribution in [0.15, 0.2) is 0 Å². The van der Waals surface area contributed by atoms with E-state index in [2.05, 4.69) is 25.8 Å². The fourth-order valence-corrected chi connectivity index (χ4v) is 2.54. The van der Waals surface area contributed by atoms with Crippen molar-refractivity contribution in [2.45, 2.75) is 71.4 Å². The summed E-state index contributed by atoms with van der Waals surface area (Å²) in [4.78, 5) is 28.1. The molecule has 0 saturated heterocycles. The highest BCUT2D eigenvalue weighted by molar-refractivity contribution is 5.86. The highest BCUT2D eigenvalue weighted by atomic mass is 16.2. The molecule has 2 amide bonds. The van der Waals surface area contributed by atoms with Gasteiger partial charge in [-0.1, -0.05) is 40.0 Å². The van der Waals surface area contributed by atoms with Crippen LogP contribution in [0.5, 0.6) is 0 Å². The predicted octanol–water partition coefficient (Wildman–Crippen LogP) is 1.41. The summed E-state index contributed by atoms with van der Waals surface area (Å²) in [7, 11) is 0. The predicted molar refractivity (Wildman–Crippen MR) is 86.5 cm³/mol. The monoisotopic (exact) mass is 321 g/mol. The van der Waals surface area contributed by atoms with Gasteiger partial charge in [0, 0.05) is 12.3 Å². The van der Waals surface area contributed by atoms with E-state index in [1.807, 2.05) is 20.8 Å². The molecule has 2 rings (SSSR count). The van der Waals surface area contributed by atoms with E-state index in [1.54, 1.807) is 0 Å². The second-order valence-corrected chi connectivity index (χ2v) is 7.36. The number of rotatable bonds is 6. The van der Waals surface area contributed by atoms with Crippen LogP contribution in [0.1, 0.15) is 65.0 Å². The lowest BCUT2D eigenvalue weighted by Crippen LogP contribution is -2.47. The number of hydrogen-bond donors (Lipinski definition) is 3. The molecule has 1 heterocycles. The van der Waals surface area contributed by atoms with E-state index in [-0.39, 0.29) is 23.8 Å². The highest BCUT2D eigenvalue weighted by Gasteiger charge is 2.27. The lowest BCUT2D eigenvalue weighted by molar-refractivity contribution is -0.128. The standard InChI is InChI=1S/C16H27N5O2/c1-10(22)18-12(8-11-6-5-7-11)14(23)17-9-13-19-15(21-20-13)16(2,3)4/h11-12H,5-9H2,1-4H3,(H,17,23)(H,18,22)(H,19,20,21)/t12-/m1/s1. The van der Waals surface area contributed by atoms with Crippen molar-refractivity contribution in [3.63, 3.8) is 0 Å². The van der Waals surface area contributed by atoms with Crippen LogP contribution >= 0.6 is 0 Å². The van der Waals surface area contributed by atoms with Crippen LogP contribution in [0.25, 0.3) is 0 Å². The number of aromatic amines is 1. The van der Waals surface area contributed by atoms with Crippen molar-refractivity contribution in [2.24, 2.45) is 5.92 Å². The van der Waals surface area contributed by atoms with Crippen molar-refractivity contribution in [3.05, 3.63) is 11.6 Å². The number of nitrogens with one attached hydrogen (secondary N) is 3. The van der Waals surface area contributed by atoms with Crippen LogP contribution in [0.2, 0.25) is 0 Å². The van der Waals surface area contributed by atoms with Gasteiger partial charge < -0.3 is 10.6 Å². The highest BCUT2D eigenvalue weighted by Crippen LogP contribution is 2.30. The van der Waals surface area contributed by atoms with Gasteiger partial charge in [0.15, 0.2) is 5.82 Å². The van der Waals surface area contributed by atoms with Gasteiger partial charge in [0.2, 0.25) is 11.8 Å². The van der Waals surface area contributed by atoms with Crippen molar-refractivity contribution < 1.29 is 9.59 Å². The Labute approximate surface area is 137 Å². The molecule has 0 spiro atoms. The minimum absolute atomic E-state index is 0.137. The third kappa shape index (κ3) is 5.04. The van der Waals surface area contributed by atoms with Gasteiger partial charge >= 0.3 is 0 Å². The zero-order valence-electron chi connectivity index (χ0n) is 14.4. The molecule has 1 aliphatic rings. The lowest BCUT2D eigenvalue weighted by Gasteiger charge is -2.29. The fraction of sp³-hybridized carbons (Fsp3) is 0.750. The third-order valence-corrected chi connectivity index (χ3v) is 4.12. The van der Waals surface area contributed by atoms with E-state index < -0.39 is 6.04 Å². The fourth-order valence-electron chi connectivity index (χ4n) is 2.54. The summed E-state index contributed by atoms with van der Waals surface area (Å²) < 4.78 is 0. The van der Waals surface area contributed by atoms with Crippen molar-refractivity contribution in [1.82, 2.24) is 25.8 Å². The van der Waals surface area contributed by atoms with Crippen LogP contribution in [-0.2, 0) is 21.5 Å². The molecular weight excluding hydrogens is 294 g/mol. The van der Waals surface area contributed by atoms with Crippen molar-refractivity contribution in [3.8, 4) is 0 Å². The molecule has 1 atom stereocenters. The Morgan fingerprint density at radius 3 is 2.52 bits per heavy atom.